The molecular formula is C22H19NO5. The minimum atomic E-state index is -0.538. The lowest BCUT2D eigenvalue weighted by Gasteiger charge is -2.08. The van der Waals surface area contributed by atoms with Crippen molar-refractivity contribution in [2.75, 3.05) is 0 Å². The van der Waals surface area contributed by atoms with Crippen LogP contribution in [0.15, 0.2) is 72.8 Å². The smallest absolute Gasteiger partial charge is 0.338 e. The predicted molar refractivity (Wildman–Crippen MR) is 104 cm³/mol. The highest BCUT2D eigenvalue weighted by Crippen LogP contribution is 2.19. The number of hydrogen-bond donors (Lipinski definition) is 0. The topological polar surface area (TPSA) is 78.7 Å². The predicted octanol–water partition coefficient (Wildman–Crippen LogP) is 4.84. The van der Waals surface area contributed by atoms with Crippen molar-refractivity contribution in [2.24, 2.45) is 0 Å². The Morgan fingerprint density at radius 3 is 2.43 bits per heavy atom. The van der Waals surface area contributed by atoms with E-state index < -0.39 is 10.9 Å². The van der Waals surface area contributed by atoms with Crippen LogP contribution in [0.1, 0.15) is 27.0 Å². The summed E-state index contributed by atoms with van der Waals surface area (Å²) in [5.74, 6) is 0.247. The van der Waals surface area contributed by atoms with Gasteiger partial charge in [0.15, 0.2) is 0 Å². The van der Waals surface area contributed by atoms with Crippen LogP contribution >= 0.6 is 0 Å². The third-order valence-corrected chi connectivity index (χ3v) is 4.13. The molecule has 0 unspecified atom stereocenters. The van der Waals surface area contributed by atoms with Gasteiger partial charge in [-0.2, -0.15) is 0 Å². The molecule has 0 heterocycles. The Morgan fingerprint density at radius 2 is 1.71 bits per heavy atom. The third kappa shape index (κ3) is 4.94. The number of nitro groups is 1. The van der Waals surface area contributed by atoms with Gasteiger partial charge in [0.1, 0.15) is 19.0 Å². The lowest BCUT2D eigenvalue weighted by Crippen LogP contribution is -2.07. The van der Waals surface area contributed by atoms with E-state index in [1.54, 1.807) is 42.5 Å². The van der Waals surface area contributed by atoms with Crippen LogP contribution in [-0.4, -0.2) is 10.9 Å². The van der Waals surface area contributed by atoms with Crippen molar-refractivity contribution in [3.05, 3.63) is 105 Å². The molecular weight excluding hydrogens is 358 g/mol. The average molecular weight is 377 g/mol. The second-order valence-corrected chi connectivity index (χ2v) is 6.26. The van der Waals surface area contributed by atoms with Gasteiger partial charge in [0, 0.05) is 6.07 Å². The zero-order valence-corrected chi connectivity index (χ0v) is 15.3. The Balaban J connectivity index is 1.57. The first-order chi connectivity index (χ1) is 13.5. The van der Waals surface area contributed by atoms with Gasteiger partial charge in [-0.3, -0.25) is 10.1 Å². The fourth-order valence-corrected chi connectivity index (χ4v) is 2.65. The lowest BCUT2D eigenvalue weighted by atomic mass is 10.1. The molecule has 6 nitrogen and oxygen atoms in total. The van der Waals surface area contributed by atoms with Gasteiger partial charge < -0.3 is 9.47 Å². The number of nitro benzene ring substituents is 1. The molecule has 0 aromatic heterocycles. The molecule has 0 saturated heterocycles. The van der Waals surface area contributed by atoms with Crippen LogP contribution in [0.25, 0.3) is 0 Å². The number of rotatable bonds is 7. The standard InChI is InChI=1S/C22H19NO5/c1-16-5-4-7-20(13-16)27-14-17-9-11-18(12-10-17)22(24)28-15-19-6-2-3-8-21(19)23(25)26/h2-13H,14-15H2,1H3. The number of nitrogens with zero attached hydrogens (tertiary/aromatic N) is 1. The van der Waals surface area contributed by atoms with E-state index >= 15 is 0 Å². The molecule has 0 radical (unpaired) electrons. The van der Waals surface area contributed by atoms with Crippen molar-refractivity contribution in [3.63, 3.8) is 0 Å². The monoisotopic (exact) mass is 377 g/mol. The number of carbonyl (C=O) groups is 1. The first-order valence-electron chi connectivity index (χ1n) is 8.71. The normalized spacial score (nSPS) is 10.3. The number of hydrogen-bond acceptors (Lipinski definition) is 5. The Morgan fingerprint density at radius 1 is 0.964 bits per heavy atom. The summed E-state index contributed by atoms with van der Waals surface area (Å²) in [7, 11) is 0. The second-order valence-electron chi connectivity index (χ2n) is 6.26. The van der Waals surface area contributed by atoms with Gasteiger partial charge in [-0.15, -0.1) is 0 Å². The van der Waals surface area contributed by atoms with E-state index in [1.807, 2.05) is 31.2 Å². The van der Waals surface area contributed by atoms with Gasteiger partial charge in [0.05, 0.1) is 16.1 Å². The summed E-state index contributed by atoms with van der Waals surface area (Å²) >= 11 is 0. The quantitative estimate of drug-likeness (QED) is 0.334. The first kappa shape index (κ1) is 19.1. The lowest BCUT2D eigenvalue weighted by molar-refractivity contribution is -0.385. The number of esters is 1. The van der Waals surface area contributed by atoms with Crippen LogP contribution in [-0.2, 0) is 18.0 Å². The van der Waals surface area contributed by atoms with Gasteiger partial charge in [-0.05, 0) is 48.4 Å². The van der Waals surface area contributed by atoms with E-state index in [9.17, 15) is 14.9 Å². The Hall–Kier alpha value is -3.67. The number of para-hydroxylation sites is 1. The summed E-state index contributed by atoms with van der Waals surface area (Å²) in [6.45, 7) is 2.22. The van der Waals surface area contributed by atoms with E-state index in [-0.39, 0.29) is 12.3 Å². The van der Waals surface area contributed by atoms with E-state index in [0.29, 0.717) is 17.7 Å². The van der Waals surface area contributed by atoms with Crippen molar-refractivity contribution in [1.29, 1.82) is 0 Å². The van der Waals surface area contributed by atoms with Crippen LogP contribution in [0.3, 0.4) is 0 Å². The summed E-state index contributed by atoms with van der Waals surface area (Å²) < 4.78 is 10.9. The molecule has 0 saturated carbocycles. The fraction of sp³-hybridized carbons (Fsp3) is 0.136. The number of ether oxygens (including phenoxy) is 2. The molecule has 0 aliphatic carbocycles. The Kier molecular flexibility index (Phi) is 6.01. The molecule has 28 heavy (non-hydrogen) atoms. The molecule has 0 atom stereocenters. The van der Waals surface area contributed by atoms with Gasteiger partial charge in [-0.1, -0.05) is 36.4 Å². The summed E-state index contributed by atoms with van der Waals surface area (Å²) in [4.78, 5) is 22.7. The van der Waals surface area contributed by atoms with Crippen LogP contribution in [0.5, 0.6) is 5.75 Å². The SMILES string of the molecule is Cc1cccc(OCc2ccc(C(=O)OCc3ccccc3[N+](=O)[O-])cc2)c1. The highest BCUT2D eigenvalue weighted by Gasteiger charge is 2.15. The highest BCUT2D eigenvalue weighted by molar-refractivity contribution is 5.89. The van der Waals surface area contributed by atoms with Crippen LogP contribution in [0.4, 0.5) is 5.69 Å². The molecule has 0 N–H and O–H groups in total. The Bertz CT molecular complexity index is 982. The van der Waals surface area contributed by atoms with E-state index in [1.165, 1.54) is 6.07 Å². The van der Waals surface area contributed by atoms with E-state index in [2.05, 4.69) is 0 Å². The summed E-state index contributed by atoms with van der Waals surface area (Å²) in [5.41, 5.74) is 2.69. The number of carbonyl (C=O) groups excluding carboxylic acids is 1. The van der Waals surface area contributed by atoms with E-state index in [0.717, 1.165) is 16.9 Å². The van der Waals surface area contributed by atoms with Gasteiger partial charge >= 0.3 is 5.97 Å². The van der Waals surface area contributed by atoms with Crippen LogP contribution in [0, 0.1) is 17.0 Å². The molecule has 3 aromatic rings. The van der Waals surface area contributed by atoms with Crippen LogP contribution < -0.4 is 4.74 Å². The minimum Gasteiger partial charge on any atom is -0.489 e. The molecule has 3 rings (SSSR count). The molecule has 0 spiro atoms. The van der Waals surface area contributed by atoms with Crippen molar-refractivity contribution < 1.29 is 19.2 Å². The van der Waals surface area contributed by atoms with Gasteiger partial charge in [0.2, 0.25) is 0 Å². The highest BCUT2D eigenvalue weighted by atomic mass is 16.6. The minimum absolute atomic E-state index is 0.0704. The first-order valence-corrected chi connectivity index (χ1v) is 8.71. The van der Waals surface area contributed by atoms with Crippen LogP contribution in [0.2, 0.25) is 0 Å². The number of benzene rings is 3. The van der Waals surface area contributed by atoms with E-state index in [4.69, 9.17) is 9.47 Å². The summed E-state index contributed by atoms with van der Waals surface area (Å²) in [5, 5.41) is 11.0. The molecule has 0 aliphatic rings. The average Bonchev–Trinajstić information content (AvgIpc) is 2.71. The molecule has 0 bridgehead atoms. The van der Waals surface area contributed by atoms with Gasteiger partial charge in [0.25, 0.3) is 5.69 Å². The van der Waals surface area contributed by atoms with Crippen molar-refractivity contribution >= 4 is 11.7 Å². The maximum absolute atomic E-state index is 12.2. The Labute approximate surface area is 162 Å². The van der Waals surface area contributed by atoms with Gasteiger partial charge in [-0.25, -0.2) is 4.79 Å². The molecule has 0 fully saturated rings. The molecule has 142 valence electrons. The molecule has 6 heteroatoms. The zero-order chi connectivity index (χ0) is 19.9. The second kappa shape index (κ2) is 8.81. The number of aryl methyl sites for hydroxylation is 1. The third-order valence-electron chi connectivity index (χ3n) is 4.13. The maximum Gasteiger partial charge on any atom is 0.338 e. The molecule has 0 aliphatic heterocycles. The zero-order valence-electron chi connectivity index (χ0n) is 15.3. The maximum atomic E-state index is 12.2. The largest absolute Gasteiger partial charge is 0.489 e. The van der Waals surface area contributed by atoms with Crippen molar-refractivity contribution in [1.82, 2.24) is 0 Å². The summed E-state index contributed by atoms with van der Waals surface area (Å²) in [6.07, 6.45) is 0. The van der Waals surface area contributed by atoms with Crippen molar-refractivity contribution in [3.8, 4) is 5.75 Å². The molecule has 3 aromatic carbocycles. The molecule has 0 amide bonds. The summed E-state index contributed by atoms with van der Waals surface area (Å²) in [6, 6.07) is 20.8. The van der Waals surface area contributed by atoms with Crippen molar-refractivity contribution in [2.45, 2.75) is 20.1 Å². The fourth-order valence-electron chi connectivity index (χ4n) is 2.65.